The number of hydrogen-bond donors (Lipinski definition) is 2. The number of carbonyl (C=O) groups is 1. The van der Waals surface area contributed by atoms with Gasteiger partial charge in [-0.15, -0.1) is 0 Å². The van der Waals surface area contributed by atoms with Gasteiger partial charge in [-0.3, -0.25) is 4.79 Å². The summed E-state index contributed by atoms with van der Waals surface area (Å²) in [5.41, 5.74) is 8.12. The fourth-order valence-corrected chi connectivity index (χ4v) is 3.38. The van der Waals surface area contributed by atoms with E-state index in [9.17, 15) is 4.79 Å². The zero-order chi connectivity index (χ0) is 15.3. The lowest BCUT2D eigenvalue weighted by molar-refractivity contribution is -0.122. The molecule has 1 saturated carbocycles. The topological polar surface area (TPSA) is 55.1 Å². The second kappa shape index (κ2) is 6.97. The Kier molecular flexibility index (Phi) is 5.27. The Balaban J connectivity index is 1.76. The van der Waals surface area contributed by atoms with Gasteiger partial charge in [0.05, 0.1) is 0 Å². The molecule has 1 aromatic carbocycles. The van der Waals surface area contributed by atoms with Gasteiger partial charge in [-0.05, 0) is 48.6 Å². The third-order valence-corrected chi connectivity index (χ3v) is 4.59. The van der Waals surface area contributed by atoms with Gasteiger partial charge in [0.2, 0.25) is 5.91 Å². The quantitative estimate of drug-likeness (QED) is 0.754. The maximum absolute atomic E-state index is 12.0. The van der Waals surface area contributed by atoms with Crippen molar-refractivity contribution < 1.29 is 4.79 Å². The molecule has 0 aromatic heterocycles. The fraction of sp³-hybridized carbons (Fsp3) is 0.611. The summed E-state index contributed by atoms with van der Waals surface area (Å²) in [7, 11) is 0. The first kappa shape index (κ1) is 15.9. The summed E-state index contributed by atoms with van der Waals surface area (Å²) in [5, 5.41) is 3.14. The van der Waals surface area contributed by atoms with Crippen LogP contribution in [0.3, 0.4) is 0 Å². The van der Waals surface area contributed by atoms with Crippen molar-refractivity contribution in [2.24, 2.45) is 11.3 Å². The van der Waals surface area contributed by atoms with Crippen LogP contribution in [0.25, 0.3) is 0 Å². The molecule has 0 unspecified atom stereocenters. The number of para-hydroxylation sites is 1. The van der Waals surface area contributed by atoms with Gasteiger partial charge in [0, 0.05) is 18.7 Å². The Labute approximate surface area is 128 Å². The molecule has 0 heterocycles. The van der Waals surface area contributed by atoms with Gasteiger partial charge < -0.3 is 11.1 Å². The van der Waals surface area contributed by atoms with Crippen LogP contribution in [-0.4, -0.2) is 12.5 Å². The summed E-state index contributed by atoms with van der Waals surface area (Å²) >= 11 is 0. The van der Waals surface area contributed by atoms with Crippen molar-refractivity contribution in [3.63, 3.8) is 0 Å². The second-order valence-electron chi connectivity index (χ2n) is 6.93. The number of carbonyl (C=O) groups excluding carboxylic acids is 1. The van der Waals surface area contributed by atoms with Gasteiger partial charge in [-0.1, -0.05) is 38.5 Å². The number of anilines is 1. The van der Waals surface area contributed by atoms with Gasteiger partial charge in [-0.25, -0.2) is 0 Å². The first-order chi connectivity index (χ1) is 10.0. The molecule has 0 bridgehead atoms. The predicted molar refractivity (Wildman–Crippen MR) is 87.9 cm³/mol. The Morgan fingerprint density at radius 2 is 2.05 bits per heavy atom. The van der Waals surface area contributed by atoms with Crippen molar-refractivity contribution in [2.45, 2.75) is 52.4 Å². The molecule has 1 fully saturated rings. The van der Waals surface area contributed by atoms with Crippen LogP contribution in [0.2, 0.25) is 0 Å². The molecule has 0 saturated heterocycles. The molecule has 0 atom stereocenters. The molecule has 3 heteroatoms. The van der Waals surface area contributed by atoms with Gasteiger partial charge in [0.1, 0.15) is 0 Å². The molecule has 116 valence electrons. The summed E-state index contributed by atoms with van der Waals surface area (Å²) in [6, 6.07) is 7.77. The Bertz CT molecular complexity index is 478. The van der Waals surface area contributed by atoms with E-state index in [2.05, 4.69) is 19.2 Å². The predicted octanol–water partition coefficient (Wildman–Crippen LogP) is 3.53. The number of hydrogen-bond acceptors (Lipinski definition) is 2. The van der Waals surface area contributed by atoms with E-state index in [1.54, 1.807) is 0 Å². The SMILES string of the molecule is CC(C)CC1(CNC(=O)CCc2ccccc2N)CCC1. The third-order valence-electron chi connectivity index (χ3n) is 4.59. The zero-order valence-electron chi connectivity index (χ0n) is 13.3. The number of rotatable bonds is 7. The van der Waals surface area contributed by atoms with E-state index in [0.29, 0.717) is 17.8 Å². The van der Waals surface area contributed by atoms with E-state index < -0.39 is 0 Å². The molecule has 1 amide bonds. The summed E-state index contributed by atoms with van der Waals surface area (Å²) in [5.74, 6) is 0.847. The smallest absolute Gasteiger partial charge is 0.220 e. The molecule has 0 aliphatic heterocycles. The summed E-state index contributed by atoms with van der Waals surface area (Å²) in [4.78, 5) is 12.0. The van der Waals surface area contributed by atoms with E-state index in [1.807, 2.05) is 24.3 Å². The molecular weight excluding hydrogens is 260 g/mol. The Hall–Kier alpha value is -1.51. The molecule has 1 aliphatic carbocycles. The molecule has 0 spiro atoms. The lowest BCUT2D eigenvalue weighted by atomic mass is 9.64. The second-order valence-corrected chi connectivity index (χ2v) is 6.93. The Morgan fingerprint density at radius 3 is 2.62 bits per heavy atom. The maximum Gasteiger partial charge on any atom is 0.220 e. The summed E-state index contributed by atoms with van der Waals surface area (Å²) in [6.45, 7) is 5.37. The van der Waals surface area contributed by atoms with Crippen LogP contribution in [0.15, 0.2) is 24.3 Å². The average Bonchev–Trinajstić information content (AvgIpc) is 2.40. The highest BCUT2D eigenvalue weighted by molar-refractivity contribution is 5.76. The average molecular weight is 288 g/mol. The normalized spacial score (nSPS) is 16.5. The van der Waals surface area contributed by atoms with Crippen molar-refractivity contribution in [1.29, 1.82) is 0 Å². The van der Waals surface area contributed by atoms with Crippen molar-refractivity contribution >= 4 is 11.6 Å². The third kappa shape index (κ3) is 4.48. The first-order valence-electron chi connectivity index (χ1n) is 8.11. The van der Waals surface area contributed by atoms with Gasteiger partial charge in [-0.2, -0.15) is 0 Å². The Morgan fingerprint density at radius 1 is 1.33 bits per heavy atom. The van der Waals surface area contributed by atoms with Crippen LogP contribution in [0.1, 0.15) is 51.5 Å². The van der Waals surface area contributed by atoms with Gasteiger partial charge in [0.15, 0.2) is 0 Å². The van der Waals surface area contributed by atoms with Crippen molar-refractivity contribution in [3.05, 3.63) is 29.8 Å². The highest BCUT2D eigenvalue weighted by Crippen LogP contribution is 2.45. The van der Waals surface area contributed by atoms with Crippen LogP contribution in [0, 0.1) is 11.3 Å². The lowest BCUT2D eigenvalue weighted by Crippen LogP contribution is -2.43. The van der Waals surface area contributed by atoms with E-state index in [-0.39, 0.29) is 5.91 Å². The maximum atomic E-state index is 12.0. The molecule has 21 heavy (non-hydrogen) atoms. The lowest BCUT2D eigenvalue weighted by Gasteiger charge is -2.43. The minimum atomic E-state index is 0.147. The van der Waals surface area contributed by atoms with E-state index in [4.69, 9.17) is 5.73 Å². The van der Waals surface area contributed by atoms with Crippen molar-refractivity contribution in [2.75, 3.05) is 12.3 Å². The van der Waals surface area contributed by atoms with E-state index >= 15 is 0 Å². The van der Waals surface area contributed by atoms with Crippen LogP contribution in [-0.2, 0) is 11.2 Å². The summed E-state index contributed by atoms with van der Waals surface area (Å²) < 4.78 is 0. The molecule has 0 radical (unpaired) electrons. The van der Waals surface area contributed by atoms with Crippen LogP contribution >= 0.6 is 0 Å². The highest BCUT2D eigenvalue weighted by atomic mass is 16.1. The molecule has 1 aromatic rings. The number of nitrogens with one attached hydrogen (secondary N) is 1. The van der Waals surface area contributed by atoms with Gasteiger partial charge >= 0.3 is 0 Å². The fourth-order valence-electron chi connectivity index (χ4n) is 3.38. The molecule has 2 rings (SSSR count). The van der Waals surface area contributed by atoms with E-state index in [0.717, 1.165) is 24.2 Å². The summed E-state index contributed by atoms with van der Waals surface area (Å²) in [6.07, 6.45) is 6.29. The van der Waals surface area contributed by atoms with Crippen LogP contribution < -0.4 is 11.1 Å². The first-order valence-corrected chi connectivity index (χ1v) is 8.11. The minimum absolute atomic E-state index is 0.147. The minimum Gasteiger partial charge on any atom is -0.399 e. The highest BCUT2D eigenvalue weighted by Gasteiger charge is 2.37. The molecular formula is C18H28N2O. The molecule has 3 nitrogen and oxygen atoms in total. The number of nitrogen functional groups attached to an aromatic ring is 1. The standard InChI is InChI=1S/C18H28N2O/c1-14(2)12-18(10-5-11-18)13-20-17(21)9-8-15-6-3-4-7-16(15)19/h3-4,6-7,14H,5,8-13,19H2,1-2H3,(H,20,21). The molecule has 1 aliphatic rings. The van der Waals surface area contributed by atoms with Crippen molar-refractivity contribution in [3.8, 4) is 0 Å². The van der Waals surface area contributed by atoms with Crippen LogP contribution in [0.4, 0.5) is 5.69 Å². The molecule has 3 N–H and O–H groups in total. The largest absolute Gasteiger partial charge is 0.399 e. The van der Waals surface area contributed by atoms with Crippen LogP contribution in [0.5, 0.6) is 0 Å². The number of benzene rings is 1. The van der Waals surface area contributed by atoms with Crippen molar-refractivity contribution in [1.82, 2.24) is 5.32 Å². The monoisotopic (exact) mass is 288 g/mol. The number of amides is 1. The van der Waals surface area contributed by atoms with Gasteiger partial charge in [0.25, 0.3) is 0 Å². The number of aryl methyl sites for hydroxylation is 1. The zero-order valence-corrected chi connectivity index (χ0v) is 13.3. The van der Waals surface area contributed by atoms with E-state index in [1.165, 1.54) is 25.7 Å². The number of nitrogens with two attached hydrogens (primary N) is 1.